The molecule has 3 rings (SSSR count). The van der Waals surface area contributed by atoms with Crippen molar-refractivity contribution in [1.29, 1.82) is 0 Å². The first kappa shape index (κ1) is 21.7. The number of rotatable bonds is 6. The molecule has 140 valence electrons. The van der Waals surface area contributed by atoms with Gasteiger partial charge in [-0.1, -0.05) is 6.92 Å². The largest absolute Gasteiger partial charge is 0.368 e. The van der Waals surface area contributed by atoms with Gasteiger partial charge in [0.2, 0.25) is 0 Å². The molecule has 1 aliphatic carbocycles. The second-order valence-corrected chi connectivity index (χ2v) is 6.41. The Balaban J connectivity index is 0.00000156. The lowest BCUT2D eigenvalue weighted by Crippen LogP contribution is -2.35. The molecule has 1 aliphatic rings. The van der Waals surface area contributed by atoms with Gasteiger partial charge in [-0.2, -0.15) is 5.10 Å². The minimum atomic E-state index is 0. The summed E-state index contributed by atoms with van der Waals surface area (Å²) in [5.41, 5.74) is 10.7. The summed E-state index contributed by atoms with van der Waals surface area (Å²) in [6, 6.07) is 2.39. The third-order valence-electron chi connectivity index (χ3n) is 4.80. The standard InChI is InChI=1S/C17H26N6.2ClH/c1-4-15-11(2)22-23(12(15)3)6-5-19-17-9-16(20-10-21-17)13-7-14(18)8-13;;/h9-10,13-14H,4-8,18H2,1-3H3,(H,19,20,21);2*1H. The van der Waals surface area contributed by atoms with E-state index in [1.54, 1.807) is 6.33 Å². The first-order valence-corrected chi connectivity index (χ1v) is 8.42. The molecule has 2 aromatic rings. The summed E-state index contributed by atoms with van der Waals surface area (Å²) in [6.45, 7) is 8.03. The Kier molecular flexibility index (Phi) is 8.12. The summed E-state index contributed by atoms with van der Waals surface area (Å²) in [4.78, 5) is 8.69. The SMILES string of the molecule is CCc1c(C)nn(CCNc2cc(C3CC(N)C3)ncn2)c1C.Cl.Cl. The van der Waals surface area contributed by atoms with Crippen LogP contribution in [0, 0.1) is 13.8 Å². The number of hydrogen-bond acceptors (Lipinski definition) is 5. The summed E-state index contributed by atoms with van der Waals surface area (Å²) in [7, 11) is 0. The van der Waals surface area contributed by atoms with E-state index in [-0.39, 0.29) is 24.8 Å². The summed E-state index contributed by atoms with van der Waals surface area (Å²) >= 11 is 0. The molecule has 0 amide bonds. The van der Waals surface area contributed by atoms with E-state index in [0.29, 0.717) is 12.0 Å². The maximum absolute atomic E-state index is 5.86. The topological polar surface area (TPSA) is 81.7 Å². The number of nitrogens with one attached hydrogen (secondary N) is 1. The Bertz CT molecular complexity index is 682. The van der Waals surface area contributed by atoms with Crippen molar-refractivity contribution in [3.8, 4) is 0 Å². The van der Waals surface area contributed by atoms with Crippen LogP contribution in [0.25, 0.3) is 0 Å². The molecule has 1 saturated carbocycles. The molecule has 25 heavy (non-hydrogen) atoms. The van der Waals surface area contributed by atoms with Gasteiger partial charge in [-0.05, 0) is 38.7 Å². The third-order valence-corrected chi connectivity index (χ3v) is 4.80. The summed E-state index contributed by atoms with van der Waals surface area (Å²) in [6.07, 6.45) is 4.73. The van der Waals surface area contributed by atoms with Crippen molar-refractivity contribution in [3.63, 3.8) is 0 Å². The van der Waals surface area contributed by atoms with Crippen molar-refractivity contribution < 1.29 is 0 Å². The Morgan fingerprint density at radius 3 is 2.56 bits per heavy atom. The Morgan fingerprint density at radius 2 is 1.96 bits per heavy atom. The molecule has 0 aliphatic heterocycles. The lowest BCUT2D eigenvalue weighted by molar-refractivity contribution is 0.345. The smallest absolute Gasteiger partial charge is 0.129 e. The van der Waals surface area contributed by atoms with Crippen molar-refractivity contribution in [2.45, 2.75) is 58.5 Å². The van der Waals surface area contributed by atoms with Crippen LogP contribution in [0.3, 0.4) is 0 Å². The lowest BCUT2D eigenvalue weighted by Gasteiger charge is -2.31. The van der Waals surface area contributed by atoms with Crippen LogP contribution in [0.1, 0.15) is 48.3 Å². The Labute approximate surface area is 161 Å². The van der Waals surface area contributed by atoms with Gasteiger partial charge in [0.15, 0.2) is 0 Å². The van der Waals surface area contributed by atoms with Gasteiger partial charge in [0.25, 0.3) is 0 Å². The number of anilines is 1. The van der Waals surface area contributed by atoms with Gasteiger partial charge in [0.1, 0.15) is 12.1 Å². The fourth-order valence-corrected chi connectivity index (χ4v) is 3.35. The Hall–Kier alpha value is -1.37. The highest BCUT2D eigenvalue weighted by atomic mass is 35.5. The molecule has 0 atom stereocenters. The average molecular weight is 387 g/mol. The van der Waals surface area contributed by atoms with Crippen LogP contribution in [-0.2, 0) is 13.0 Å². The van der Waals surface area contributed by atoms with Gasteiger partial charge in [0, 0.05) is 36.0 Å². The second-order valence-electron chi connectivity index (χ2n) is 6.41. The molecule has 0 radical (unpaired) electrons. The van der Waals surface area contributed by atoms with Crippen molar-refractivity contribution >= 4 is 30.6 Å². The number of hydrogen-bond donors (Lipinski definition) is 2. The summed E-state index contributed by atoms with van der Waals surface area (Å²) in [5.74, 6) is 1.38. The van der Waals surface area contributed by atoms with Crippen molar-refractivity contribution in [2.24, 2.45) is 5.73 Å². The van der Waals surface area contributed by atoms with Crippen LogP contribution in [0.5, 0.6) is 0 Å². The van der Waals surface area contributed by atoms with Gasteiger partial charge in [-0.3, -0.25) is 4.68 Å². The van der Waals surface area contributed by atoms with Gasteiger partial charge < -0.3 is 11.1 Å². The fourth-order valence-electron chi connectivity index (χ4n) is 3.35. The molecular weight excluding hydrogens is 359 g/mol. The van der Waals surface area contributed by atoms with Crippen LogP contribution in [0.4, 0.5) is 5.82 Å². The predicted octanol–water partition coefficient (Wildman–Crippen LogP) is 3.01. The molecule has 2 heterocycles. The first-order chi connectivity index (χ1) is 11.1. The molecule has 6 nitrogen and oxygen atoms in total. The highest BCUT2D eigenvalue weighted by molar-refractivity contribution is 5.85. The Morgan fingerprint density at radius 1 is 1.24 bits per heavy atom. The number of aryl methyl sites for hydroxylation is 1. The lowest BCUT2D eigenvalue weighted by atomic mass is 9.79. The van der Waals surface area contributed by atoms with Crippen LogP contribution >= 0.6 is 24.8 Å². The molecule has 0 bridgehead atoms. The second kappa shape index (κ2) is 9.36. The van der Waals surface area contributed by atoms with Crippen LogP contribution < -0.4 is 11.1 Å². The maximum atomic E-state index is 5.86. The summed E-state index contributed by atoms with van der Waals surface area (Å²) < 4.78 is 2.08. The number of nitrogens with two attached hydrogens (primary N) is 1. The van der Waals surface area contributed by atoms with Gasteiger partial charge in [0.05, 0.1) is 12.2 Å². The molecule has 8 heteroatoms. The molecule has 0 saturated heterocycles. The van der Waals surface area contributed by atoms with E-state index in [9.17, 15) is 0 Å². The van der Waals surface area contributed by atoms with Crippen LogP contribution in [0.15, 0.2) is 12.4 Å². The monoisotopic (exact) mass is 386 g/mol. The van der Waals surface area contributed by atoms with Gasteiger partial charge in [-0.15, -0.1) is 24.8 Å². The zero-order chi connectivity index (χ0) is 16.4. The minimum Gasteiger partial charge on any atom is -0.368 e. The maximum Gasteiger partial charge on any atom is 0.129 e. The molecule has 3 N–H and O–H groups in total. The van der Waals surface area contributed by atoms with E-state index in [4.69, 9.17) is 5.73 Å². The molecule has 0 unspecified atom stereocenters. The number of nitrogens with zero attached hydrogens (tertiary/aromatic N) is 4. The zero-order valence-corrected chi connectivity index (χ0v) is 16.7. The van der Waals surface area contributed by atoms with Crippen molar-refractivity contribution in [1.82, 2.24) is 19.7 Å². The van der Waals surface area contributed by atoms with E-state index in [1.165, 1.54) is 11.3 Å². The normalized spacial score (nSPS) is 18.7. The molecular formula is C17H28Cl2N6. The average Bonchev–Trinajstić information content (AvgIpc) is 2.78. The highest BCUT2D eigenvalue weighted by Gasteiger charge is 2.28. The van der Waals surface area contributed by atoms with Crippen molar-refractivity contribution in [3.05, 3.63) is 35.0 Å². The van der Waals surface area contributed by atoms with Crippen LogP contribution in [0.2, 0.25) is 0 Å². The van der Waals surface area contributed by atoms with E-state index < -0.39 is 0 Å². The number of aromatic nitrogens is 4. The molecule has 0 spiro atoms. The molecule has 1 fully saturated rings. The minimum absolute atomic E-state index is 0. The quantitative estimate of drug-likeness (QED) is 0.796. The first-order valence-electron chi connectivity index (χ1n) is 8.42. The summed E-state index contributed by atoms with van der Waals surface area (Å²) in [5, 5.41) is 8.00. The zero-order valence-electron chi connectivity index (χ0n) is 15.0. The predicted molar refractivity (Wildman–Crippen MR) is 106 cm³/mol. The van der Waals surface area contributed by atoms with Crippen LogP contribution in [-0.4, -0.2) is 32.3 Å². The van der Waals surface area contributed by atoms with E-state index in [1.807, 2.05) is 0 Å². The van der Waals surface area contributed by atoms with E-state index >= 15 is 0 Å². The highest BCUT2D eigenvalue weighted by Crippen LogP contribution is 2.34. The fraction of sp³-hybridized carbons (Fsp3) is 0.588. The molecule has 0 aromatic carbocycles. The van der Waals surface area contributed by atoms with Crippen molar-refractivity contribution in [2.75, 3.05) is 11.9 Å². The number of halogens is 2. The van der Waals surface area contributed by atoms with E-state index in [0.717, 1.165) is 49.6 Å². The third kappa shape index (κ3) is 4.84. The van der Waals surface area contributed by atoms with E-state index in [2.05, 4.69) is 51.9 Å². The van der Waals surface area contributed by atoms with Gasteiger partial charge >= 0.3 is 0 Å². The molecule has 2 aromatic heterocycles. The van der Waals surface area contributed by atoms with Gasteiger partial charge in [-0.25, -0.2) is 9.97 Å².